The molecule has 9 heteroatoms. The topological polar surface area (TPSA) is 86.8 Å². The van der Waals surface area contributed by atoms with E-state index < -0.39 is 28.5 Å². The van der Waals surface area contributed by atoms with Gasteiger partial charge in [0.2, 0.25) is 21.8 Å². The maximum absolute atomic E-state index is 14.2. The highest BCUT2D eigenvalue weighted by Gasteiger charge is 2.33. The molecule has 1 N–H and O–H groups in total. The second-order valence-electron chi connectivity index (χ2n) is 10.1. The molecule has 3 rings (SSSR count). The summed E-state index contributed by atoms with van der Waals surface area (Å²) in [6.45, 7) is 5.95. The van der Waals surface area contributed by atoms with Crippen molar-refractivity contribution in [2.75, 3.05) is 23.7 Å². The smallest absolute Gasteiger partial charge is 0.244 e. The summed E-state index contributed by atoms with van der Waals surface area (Å²) in [4.78, 5) is 29.3. The molecule has 0 spiro atoms. The summed E-state index contributed by atoms with van der Waals surface area (Å²) in [6.07, 6.45) is 3.13. The molecule has 0 heterocycles. The van der Waals surface area contributed by atoms with E-state index in [2.05, 4.69) is 21.2 Å². The van der Waals surface area contributed by atoms with Gasteiger partial charge in [0.25, 0.3) is 0 Å². The number of aryl methyl sites for hydroxylation is 2. The van der Waals surface area contributed by atoms with Gasteiger partial charge in [-0.1, -0.05) is 83.9 Å². The molecule has 0 aliphatic carbocycles. The number of carbonyl (C=O) groups is 2. The van der Waals surface area contributed by atoms with Crippen molar-refractivity contribution in [3.63, 3.8) is 0 Å². The normalized spacial score (nSPS) is 12.0. The highest BCUT2D eigenvalue weighted by molar-refractivity contribution is 9.10. The van der Waals surface area contributed by atoms with E-state index in [4.69, 9.17) is 0 Å². The molecule has 0 bridgehead atoms. The van der Waals surface area contributed by atoms with E-state index in [0.717, 1.165) is 50.1 Å². The molecular weight excluding hydrogens is 590 g/mol. The van der Waals surface area contributed by atoms with E-state index in [-0.39, 0.29) is 12.5 Å². The van der Waals surface area contributed by atoms with Crippen molar-refractivity contribution < 1.29 is 18.0 Å². The van der Waals surface area contributed by atoms with E-state index in [1.807, 2.05) is 87.5 Å². The number of sulfonamides is 1. The maximum atomic E-state index is 14.2. The number of nitrogens with zero attached hydrogens (tertiary/aromatic N) is 2. The number of hydrogen-bond acceptors (Lipinski definition) is 4. The largest absolute Gasteiger partial charge is 0.354 e. The molecule has 0 saturated heterocycles. The zero-order chi connectivity index (χ0) is 29.3. The first-order valence-electron chi connectivity index (χ1n) is 13.4. The highest BCUT2D eigenvalue weighted by Crippen LogP contribution is 2.25. The molecule has 2 amide bonds. The molecule has 40 heavy (non-hydrogen) atoms. The fourth-order valence-corrected chi connectivity index (χ4v) is 5.82. The van der Waals surface area contributed by atoms with Crippen LogP contribution in [-0.4, -0.2) is 50.5 Å². The molecule has 0 fully saturated rings. The van der Waals surface area contributed by atoms with Crippen LogP contribution in [0.4, 0.5) is 5.69 Å². The van der Waals surface area contributed by atoms with Gasteiger partial charge in [-0.05, 0) is 60.7 Å². The van der Waals surface area contributed by atoms with Crippen LogP contribution in [0.25, 0.3) is 0 Å². The van der Waals surface area contributed by atoms with Gasteiger partial charge in [-0.25, -0.2) is 8.42 Å². The van der Waals surface area contributed by atoms with E-state index in [0.29, 0.717) is 18.7 Å². The molecule has 7 nitrogen and oxygen atoms in total. The summed E-state index contributed by atoms with van der Waals surface area (Å²) in [5, 5.41) is 2.99. The van der Waals surface area contributed by atoms with Crippen molar-refractivity contribution in [2.45, 2.75) is 52.6 Å². The Morgan fingerprint density at radius 2 is 1.65 bits per heavy atom. The Hall–Kier alpha value is -3.17. The summed E-state index contributed by atoms with van der Waals surface area (Å²) in [5.41, 5.74) is 3.79. The third-order valence-corrected chi connectivity index (χ3v) is 8.27. The van der Waals surface area contributed by atoms with Gasteiger partial charge in [-0.2, -0.15) is 0 Å². The lowest BCUT2D eigenvalue weighted by Gasteiger charge is -2.34. The third-order valence-electron chi connectivity index (χ3n) is 6.66. The van der Waals surface area contributed by atoms with Crippen LogP contribution in [0, 0.1) is 13.8 Å². The van der Waals surface area contributed by atoms with Gasteiger partial charge in [0.05, 0.1) is 11.9 Å². The van der Waals surface area contributed by atoms with E-state index in [1.54, 1.807) is 6.07 Å². The number of carbonyl (C=O) groups excluding carboxylic acids is 2. The first-order chi connectivity index (χ1) is 19.0. The SMILES string of the molecule is CCCCNC(=O)C(Cc1ccccc1)N(Cc1cccc(Br)c1)C(=O)CN(c1cc(C)ccc1C)S(C)(=O)=O. The monoisotopic (exact) mass is 627 g/mol. The summed E-state index contributed by atoms with van der Waals surface area (Å²) >= 11 is 3.49. The predicted octanol–water partition coefficient (Wildman–Crippen LogP) is 5.39. The van der Waals surface area contributed by atoms with Crippen LogP contribution in [-0.2, 0) is 32.6 Å². The molecule has 214 valence electrons. The Kier molecular flexibility index (Phi) is 11.3. The quantitative estimate of drug-likeness (QED) is 0.258. The van der Waals surface area contributed by atoms with Crippen LogP contribution in [0.15, 0.2) is 77.3 Å². The highest BCUT2D eigenvalue weighted by atomic mass is 79.9. The minimum Gasteiger partial charge on any atom is -0.354 e. The summed E-state index contributed by atoms with van der Waals surface area (Å²) < 4.78 is 28.0. The average Bonchev–Trinajstić information content (AvgIpc) is 2.90. The number of anilines is 1. The fraction of sp³-hybridized carbons (Fsp3) is 0.355. The number of amides is 2. The molecule has 0 aliphatic rings. The molecule has 0 aliphatic heterocycles. The van der Waals surface area contributed by atoms with Crippen LogP contribution in [0.3, 0.4) is 0 Å². The number of hydrogen-bond donors (Lipinski definition) is 1. The summed E-state index contributed by atoms with van der Waals surface area (Å²) in [6, 6.07) is 21.7. The van der Waals surface area contributed by atoms with Gasteiger partial charge in [0.15, 0.2) is 0 Å². The maximum Gasteiger partial charge on any atom is 0.244 e. The summed E-state index contributed by atoms with van der Waals surface area (Å²) in [5.74, 6) is -0.726. The van der Waals surface area contributed by atoms with Crippen LogP contribution in [0.1, 0.15) is 42.0 Å². The lowest BCUT2D eigenvalue weighted by molar-refractivity contribution is -0.140. The second kappa shape index (κ2) is 14.5. The number of benzene rings is 3. The predicted molar refractivity (Wildman–Crippen MR) is 165 cm³/mol. The Morgan fingerprint density at radius 3 is 2.30 bits per heavy atom. The number of unbranched alkanes of at least 4 members (excludes halogenated alkanes) is 1. The van der Waals surface area contributed by atoms with Crippen LogP contribution in [0.5, 0.6) is 0 Å². The first-order valence-corrected chi connectivity index (χ1v) is 16.0. The molecule has 0 aromatic heterocycles. The fourth-order valence-electron chi connectivity index (χ4n) is 4.48. The van der Waals surface area contributed by atoms with Gasteiger partial charge >= 0.3 is 0 Å². The Labute approximate surface area is 246 Å². The van der Waals surface area contributed by atoms with Crippen LogP contribution in [0.2, 0.25) is 0 Å². The average molecular weight is 629 g/mol. The van der Waals surface area contributed by atoms with Crippen LogP contribution < -0.4 is 9.62 Å². The number of nitrogens with one attached hydrogen (secondary N) is 1. The molecule has 0 radical (unpaired) electrons. The van der Waals surface area contributed by atoms with Crippen LogP contribution >= 0.6 is 15.9 Å². The molecule has 3 aromatic carbocycles. The second-order valence-corrected chi connectivity index (χ2v) is 12.9. The minimum atomic E-state index is -3.81. The van der Waals surface area contributed by atoms with Gasteiger partial charge < -0.3 is 10.2 Å². The van der Waals surface area contributed by atoms with Gasteiger partial charge in [-0.3, -0.25) is 13.9 Å². The Bertz CT molecular complexity index is 1410. The standard InChI is InChI=1S/C31H38BrN3O4S/c1-5-6-17-33-31(37)29(20-25-11-8-7-9-12-25)34(21-26-13-10-14-27(32)19-26)30(36)22-35(40(4,38)39)28-18-23(2)15-16-24(28)3/h7-16,18-19,29H,5-6,17,20-22H2,1-4H3,(H,33,37). The lowest BCUT2D eigenvalue weighted by atomic mass is 10.0. The van der Waals surface area contributed by atoms with Gasteiger partial charge in [0, 0.05) is 24.0 Å². The van der Waals surface area contributed by atoms with Gasteiger partial charge in [0.1, 0.15) is 12.6 Å². The Morgan fingerprint density at radius 1 is 0.950 bits per heavy atom. The van der Waals surface area contributed by atoms with E-state index in [1.165, 1.54) is 4.90 Å². The van der Waals surface area contributed by atoms with E-state index in [9.17, 15) is 18.0 Å². The minimum absolute atomic E-state index is 0.140. The summed E-state index contributed by atoms with van der Waals surface area (Å²) in [7, 11) is -3.81. The van der Waals surface area contributed by atoms with Crippen molar-refractivity contribution in [3.05, 3.63) is 99.5 Å². The van der Waals surface area contributed by atoms with Crippen molar-refractivity contribution >= 4 is 43.5 Å². The Balaban J connectivity index is 2.06. The lowest BCUT2D eigenvalue weighted by Crippen LogP contribution is -2.53. The van der Waals surface area contributed by atoms with E-state index >= 15 is 0 Å². The zero-order valence-corrected chi connectivity index (χ0v) is 26.0. The van der Waals surface area contributed by atoms with Gasteiger partial charge in [-0.15, -0.1) is 0 Å². The van der Waals surface area contributed by atoms with Crippen molar-refractivity contribution in [1.82, 2.24) is 10.2 Å². The van der Waals surface area contributed by atoms with Crippen molar-refractivity contribution in [1.29, 1.82) is 0 Å². The molecule has 1 atom stereocenters. The van der Waals surface area contributed by atoms with Crippen molar-refractivity contribution in [3.8, 4) is 0 Å². The molecular formula is C31H38BrN3O4S. The first kappa shape index (κ1) is 31.4. The third kappa shape index (κ3) is 8.93. The number of rotatable bonds is 13. The molecule has 1 unspecified atom stereocenters. The number of halogens is 1. The molecule has 0 saturated carbocycles. The molecule has 3 aromatic rings. The zero-order valence-electron chi connectivity index (χ0n) is 23.6. The van der Waals surface area contributed by atoms with Crippen molar-refractivity contribution in [2.24, 2.45) is 0 Å².